The van der Waals surface area contributed by atoms with Crippen LogP contribution < -0.4 is 0 Å². The van der Waals surface area contributed by atoms with Crippen molar-refractivity contribution >= 4 is 18.7 Å². The van der Waals surface area contributed by atoms with E-state index in [9.17, 15) is 0 Å². The van der Waals surface area contributed by atoms with Gasteiger partial charge >= 0.3 is 0 Å². The van der Waals surface area contributed by atoms with Gasteiger partial charge in [-0.1, -0.05) is 0 Å². The van der Waals surface area contributed by atoms with Gasteiger partial charge in [0.25, 0.3) is 0 Å². The molecule has 8 heavy (non-hydrogen) atoms. The Kier molecular flexibility index (Phi) is 2.40. The summed E-state index contributed by atoms with van der Waals surface area (Å²) in [6, 6.07) is 0. The largest absolute Gasteiger partial charge is 0.587 e. The summed E-state index contributed by atoms with van der Waals surface area (Å²) in [4.78, 5) is 0. The molecule has 1 atom stereocenters. The fraction of sp³-hybridized carbons (Fsp3) is 0.833. The fourth-order valence-corrected chi connectivity index (χ4v) is 0. The van der Waals surface area contributed by atoms with E-state index in [1.54, 1.807) is 0 Å². The highest BCUT2D eigenvalue weighted by Gasteiger charge is 2.20. The summed E-state index contributed by atoms with van der Waals surface area (Å²) in [7, 11) is 0. The first-order valence-corrected chi connectivity index (χ1v) is 6.10. The molecule has 0 spiro atoms. The molecule has 0 aromatic carbocycles. The van der Waals surface area contributed by atoms with Crippen LogP contribution in [0.2, 0.25) is 0 Å². The van der Waals surface area contributed by atoms with E-state index in [4.69, 9.17) is 12.2 Å². The van der Waals surface area contributed by atoms with Crippen LogP contribution >= 0.6 is 6.46 Å². The maximum Gasteiger partial charge on any atom is 0.0253 e. The molecule has 0 aliphatic carbocycles. The van der Waals surface area contributed by atoms with E-state index < -0.39 is 6.46 Å². The molecule has 0 aliphatic rings. The van der Waals surface area contributed by atoms with Crippen LogP contribution in [0.15, 0.2) is 0 Å². The molecular weight excluding hydrogens is 135 g/mol. The lowest BCUT2D eigenvalue weighted by molar-refractivity contribution is 0.787. The molecule has 50 valence electrons. The Morgan fingerprint density at radius 3 is 1.50 bits per heavy atom. The topological polar surface area (TPSA) is 0 Å². The van der Waals surface area contributed by atoms with Crippen LogP contribution in [0.3, 0.4) is 0 Å². The van der Waals surface area contributed by atoms with E-state index in [0.717, 1.165) is 0 Å². The van der Waals surface area contributed by atoms with Gasteiger partial charge in [-0.05, 0) is 20.8 Å². The maximum atomic E-state index is 5.22. The van der Waals surface area contributed by atoms with Crippen molar-refractivity contribution in [3.8, 4) is 0 Å². The van der Waals surface area contributed by atoms with Gasteiger partial charge in [-0.15, -0.1) is 0 Å². The first-order chi connectivity index (χ1) is 3.25. The van der Waals surface area contributed by atoms with Gasteiger partial charge in [0.1, 0.15) is 0 Å². The highest BCUT2D eigenvalue weighted by Crippen LogP contribution is 2.62. The van der Waals surface area contributed by atoms with E-state index in [1.165, 1.54) is 0 Å². The Bertz CT molecular complexity index is 63.5. The van der Waals surface area contributed by atoms with Crippen molar-refractivity contribution < 1.29 is 0 Å². The molecule has 0 rings (SSSR count). The molecule has 0 aromatic rings. The first kappa shape index (κ1) is 8.78. The van der Waals surface area contributed by atoms with Gasteiger partial charge in [0.2, 0.25) is 0 Å². The van der Waals surface area contributed by atoms with Crippen LogP contribution in [-0.4, -0.2) is 11.8 Å². The molecule has 0 aromatic heterocycles. The van der Waals surface area contributed by atoms with Gasteiger partial charge in [-0.2, -0.15) is 0 Å². The van der Waals surface area contributed by atoms with Gasteiger partial charge in [-0.25, -0.2) is 13.1 Å². The van der Waals surface area contributed by atoms with E-state index in [0.29, 0.717) is 0 Å². The van der Waals surface area contributed by atoms with Gasteiger partial charge < -0.3 is 12.2 Å². The predicted molar refractivity (Wildman–Crippen MR) is 45.3 cm³/mol. The second-order valence-electron chi connectivity index (χ2n) is 3.27. The second kappa shape index (κ2) is 2.19. The summed E-state index contributed by atoms with van der Waals surface area (Å²) in [5.74, 6) is 0. The fourth-order valence-electron chi connectivity index (χ4n) is 0. The summed E-state index contributed by atoms with van der Waals surface area (Å²) in [5, 5.41) is 0.252. The summed E-state index contributed by atoms with van der Waals surface area (Å²) < 4.78 is 0. The van der Waals surface area contributed by atoms with Crippen molar-refractivity contribution in [2.75, 3.05) is 6.66 Å². The lowest BCUT2D eigenvalue weighted by Gasteiger charge is -2.45. The average molecular weight is 149 g/mol. The SMILES string of the molecule is [CH2-][P+](C)([S-])C(C)(C)C. The van der Waals surface area contributed by atoms with Crippen LogP contribution in [0.4, 0.5) is 0 Å². The summed E-state index contributed by atoms with van der Waals surface area (Å²) in [5.41, 5.74) is 0. The first-order valence-electron chi connectivity index (χ1n) is 2.67. The third-order valence-electron chi connectivity index (χ3n) is 1.42. The van der Waals surface area contributed by atoms with Gasteiger partial charge in [-0.3, -0.25) is 0 Å². The van der Waals surface area contributed by atoms with Crippen molar-refractivity contribution in [2.45, 2.75) is 25.9 Å². The van der Waals surface area contributed by atoms with Gasteiger partial charge in [0, 0.05) is 11.8 Å². The molecule has 0 saturated carbocycles. The van der Waals surface area contributed by atoms with E-state index in [1.807, 2.05) is 0 Å². The Morgan fingerprint density at radius 1 is 1.38 bits per heavy atom. The standard InChI is InChI=1S/C6H14PS/c1-6(2,3)7(4,5)8/h4H2,1-3,5H3/q-1. The minimum absolute atomic E-state index is 0.252. The van der Waals surface area contributed by atoms with E-state index >= 15 is 0 Å². The molecule has 0 amide bonds. The van der Waals surface area contributed by atoms with E-state index in [2.05, 4.69) is 34.1 Å². The van der Waals surface area contributed by atoms with Crippen LogP contribution in [0.1, 0.15) is 20.8 Å². The molecule has 0 saturated heterocycles. The predicted octanol–water partition coefficient (Wildman–Crippen LogP) is 2.69. The van der Waals surface area contributed by atoms with Crippen molar-refractivity contribution in [3.05, 3.63) is 6.66 Å². The zero-order chi connectivity index (χ0) is 7.00. The Hall–Kier alpha value is 0.780. The average Bonchev–Trinajstić information content (AvgIpc) is 1.25. The van der Waals surface area contributed by atoms with Crippen LogP contribution in [0, 0.1) is 6.66 Å². The van der Waals surface area contributed by atoms with Crippen molar-refractivity contribution in [1.82, 2.24) is 0 Å². The zero-order valence-electron chi connectivity index (χ0n) is 6.06. The molecule has 0 fully saturated rings. The number of rotatable bonds is 0. The molecular formula is C6H14PS-. The normalized spacial score (nSPS) is 20.2. The summed E-state index contributed by atoms with van der Waals surface area (Å²) in [6.45, 7) is 11.2. The molecule has 1 unspecified atom stereocenters. The third-order valence-corrected chi connectivity index (χ3v) is 5.90. The highest BCUT2D eigenvalue weighted by atomic mass is 32.7. The molecule has 0 heterocycles. The second-order valence-corrected chi connectivity index (χ2v) is 9.23. The lowest BCUT2D eigenvalue weighted by atomic mass is 10.3. The molecule has 0 N–H and O–H groups in total. The summed E-state index contributed by atoms with van der Waals surface area (Å²) in [6.07, 6.45) is 0. The van der Waals surface area contributed by atoms with Gasteiger partial charge in [0.05, 0.1) is 0 Å². The molecule has 0 bridgehead atoms. The number of hydrogen-bond donors (Lipinski definition) is 0. The Balaban J connectivity index is 4.02. The highest BCUT2D eigenvalue weighted by molar-refractivity contribution is 8.43. The maximum absolute atomic E-state index is 5.22. The Labute approximate surface area is 58.6 Å². The van der Waals surface area contributed by atoms with Crippen molar-refractivity contribution in [2.24, 2.45) is 0 Å². The van der Waals surface area contributed by atoms with Gasteiger partial charge in [0.15, 0.2) is 0 Å². The molecule has 0 nitrogen and oxygen atoms in total. The van der Waals surface area contributed by atoms with Crippen molar-refractivity contribution in [1.29, 1.82) is 0 Å². The van der Waals surface area contributed by atoms with Crippen LogP contribution in [0.25, 0.3) is 0 Å². The smallest absolute Gasteiger partial charge is 0.0253 e. The lowest BCUT2D eigenvalue weighted by Crippen LogP contribution is -2.15. The Morgan fingerprint density at radius 2 is 1.50 bits per heavy atom. The minimum atomic E-state index is -1.27. The van der Waals surface area contributed by atoms with Crippen LogP contribution in [0.5, 0.6) is 0 Å². The monoisotopic (exact) mass is 149 g/mol. The summed E-state index contributed by atoms with van der Waals surface area (Å²) >= 11 is 5.22. The molecule has 2 heteroatoms. The minimum Gasteiger partial charge on any atom is -0.587 e. The zero-order valence-corrected chi connectivity index (χ0v) is 7.77. The van der Waals surface area contributed by atoms with E-state index in [-0.39, 0.29) is 5.16 Å². The van der Waals surface area contributed by atoms with Crippen LogP contribution in [-0.2, 0) is 12.2 Å². The molecule has 0 aliphatic heterocycles. The number of hydrogen-bond acceptors (Lipinski definition) is 1. The van der Waals surface area contributed by atoms with Crippen molar-refractivity contribution in [3.63, 3.8) is 0 Å². The molecule has 0 radical (unpaired) electrons. The third kappa shape index (κ3) is 2.37. The quantitative estimate of drug-likeness (QED) is 0.290.